The average molecular weight is 318 g/mol. The van der Waals surface area contributed by atoms with Crippen LogP contribution in [0.2, 0.25) is 5.02 Å². The van der Waals surface area contributed by atoms with Crippen LogP contribution in [0.15, 0.2) is 47.7 Å². The molecule has 0 spiro atoms. The van der Waals surface area contributed by atoms with Crippen molar-refractivity contribution in [1.29, 1.82) is 0 Å². The highest BCUT2D eigenvalue weighted by Crippen LogP contribution is 2.13. The number of aryl methyl sites for hydroxylation is 1. The van der Waals surface area contributed by atoms with Crippen molar-refractivity contribution in [3.05, 3.63) is 58.9 Å². The molecule has 0 unspecified atom stereocenters. The van der Waals surface area contributed by atoms with Gasteiger partial charge < -0.3 is 9.47 Å². The lowest BCUT2D eigenvalue weighted by molar-refractivity contribution is -0.918. The summed E-state index contributed by atoms with van der Waals surface area (Å²) in [6, 6.07) is 12.2. The molecular formula is C17H22ClN4+. The van der Waals surface area contributed by atoms with Crippen molar-refractivity contribution < 1.29 is 4.90 Å². The Balaban J connectivity index is 1.51. The van der Waals surface area contributed by atoms with Gasteiger partial charge in [-0.1, -0.05) is 29.8 Å². The van der Waals surface area contributed by atoms with Gasteiger partial charge in [0.2, 0.25) is 0 Å². The summed E-state index contributed by atoms with van der Waals surface area (Å²) in [5.74, 6) is 0. The van der Waals surface area contributed by atoms with Crippen molar-refractivity contribution >= 4 is 17.8 Å². The van der Waals surface area contributed by atoms with Gasteiger partial charge in [-0.2, -0.15) is 5.10 Å². The van der Waals surface area contributed by atoms with Gasteiger partial charge in [-0.15, -0.1) is 0 Å². The van der Waals surface area contributed by atoms with Crippen molar-refractivity contribution in [1.82, 2.24) is 9.58 Å². The molecule has 1 aromatic heterocycles. The van der Waals surface area contributed by atoms with E-state index in [-0.39, 0.29) is 0 Å². The summed E-state index contributed by atoms with van der Waals surface area (Å²) in [7, 11) is 2.03. The van der Waals surface area contributed by atoms with E-state index in [0.29, 0.717) is 0 Å². The van der Waals surface area contributed by atoms with Crippen LogP contribution in [-0.4, -0.2) is 42.0 Å². The standard InChI is InChI=1S/C17H21ClN4/c1-20-8-4-6-16(20)13-19-22-11-9-21(10-12-22)14-15-5-2-3-7-17(15)18/h2-8,13H,9-12,14H2,1H3/p+1/b19-13+. The Labute approximate surface area is 136 Å². The highest BCUT2D eigenvalue weighted by atomic mass is 35.5. The molecule has 22 heavy (non-hydrogen) atoms. The highest BCUT2D eigenvalue weighted by molar-refractivity contribution is 6.31. The number of piperazine rings is 1. The van der Waals surface area contributed by atoms with Gasteiger partial charge in [0.15, 0.2) is 0 Å². The van der Waals surface area contributed by atoms with Gasteiger partial charge in [-0.3, -0.25) is 5.01 Å². The van der Waals surface area contributed by atoms with Crippen molar-refractivity contribution in [2.45, 2.75) is 6.54 Å². The van der Waals surface area contributed by atoms with Gasteiger partial charge in [0, 0.05) is 23.8 Å². The molecule has 1 N–H and O–H groups in total. The molecule has 0 radical (unpaired) electrons. The Hall–Kier alpha value is -1.78. The van der Waals surface area contributed by atoms with Gasteiger partial charge in [-0.25, -0.2) is 0 Å². The second kappa shape index (κ2) is 6.99. The van der Waals surface area contributed by atoms with Crippen LogP contribution >= 0.6 is 11.6 Å². The normalized spacial score (nSPS) is 16.5. The summed E-state index contributed by atoms with van der Waals surface area (Å²) in [6.45, 7) is 5.15. The van der Waals surface area contributed by atoms with Crippen molar-refractivity contribution in [2.75, 3.05) is 26.2 Å². The smallest absolute Gasteiger partial charge is 0.104 e. The molecule has 0 amide bonds. The number of nitrogens with one attached hydrogen (secondary N) is 1. The van der Waals surface area contributed by atoms with Crippen LogP contribution in [0.25, 0.3) is 0 Å². The third-order valence-electron chi connectivity index (χ3n) is 4.18. The van der Waals surface area contributed by atoms with Crippen molar-refractivity contribution in [2.24, 2.45) is 12.1 Å². The van der Waals surface area contributed by atoms with Gasteiger partial charge >= 0.3 is 0 Å². The predicted octanol–water partition coefficient (Wildman–Crippen LogP) is 1.41. The second-order valence-electron chi connectivity index (χ2n) is 5.76. The Bertz CT molecular complexity index is 642. The first-order chi connectivity index (χ1) is 10.7. The fraction of sp³-hybridized carbons (Fsp3) is 0.353. The third kappa shape index (κ3) is 3.70. The molecule has 1 aliphatic heterocycles. The summed E-state index contributed by atoms with van der Waals surface area (Å²) in [6.07, 6.45) is 3.98. The van der Waals surface area contributed by atoms with E-state index in [1.165, 1.54) is 5.56 Å². The molecule has 0 atom stereocenters. The maximum absolute atomic E-state index is 6.24. The van der Waals surface area contributed by atoms with E-state index < -0.39 is 0 Å². The molecule has 1 fully saturated rings. The highest BCUT2D eigenvalue weighted by Gasteiger charge is 2.19. The van der Waals surface area contributed by atoms with E-state index in [1.807, 2.05) is 37.7 Å². The van der Waals surface area contributed by atoms with E-state index in [4.69, 9.17) is 11.6 Å². The molecule has 2 heterocycles. The van der Waals surface area contributed by atoms with Crippen LogP contribution < -0.4 is 4.90 Å². The number of benzene rings is 1. The van der Waals surface area contributed by atoms with Crippen molar-refractivity contribution in [3.8, 4) is 0 Å². The largest absolute Gasteiger partial charge is 0.350 e. The van der Waals surface area contributed by atoms with Crippen LogP contribution in [0.5, 0.6) is 0 Å². The molecule has 116 valence electrons. The quantitative estimate of drug-likeness (QED) is 0.848. The van der Waals surface area contributed by atoms with E-state index in [1.54, 1.807) is 4.90 Å². The Morgan fingerprint density at radius 2 is 1.95 bits per heavy atom. The van der Waals surface area contributed by atoms with Gasteiger partial charge in [0.25, 0.3) is 0 Å². The first-order valence-corrected chi connectivity index (χ1v) is 8.07. The zero-order valence-corrected chi connectivity index (χ0v) is 13.6. The molecule has 0 aliphatic carbocycles. The van der Waals surface area contributed by atoms with E-state index >= 15 is 0 Å². The zero-order valence-electron chi connectivity index (χ0n) is 12.9. The van der Waals surface area contributed by atoms with Crippen molar-refractivity contribution in [3.63, 3.8) is 0 Å². The summed E-state index contributed by atoms with van der Waals surface area (Å²) in [5.41, 5.74) is 2.37. The maximum atomic E-state index is 6.24. The number of quaternary nitrogens is 1. The topological polar surface area (TPSA) is 25.0 Å². The Morgan fingerprint density at radius 3 is 2.64 bits per heavy atom. The predicted molar refractivity (Wildman–Crippen MR) is 90.4 cm³/mol. The number of rotatable bonds is 4. The Kier molecular flexibility index (Phi) is 4.80. The van der Waals surface area contributed by atoms with Crippen LogP contribution in [0, 0.1) is 0 Å². The molecule has 5 heteroatoms. The minimum Gasteiger partial charge on any atom is -0.350 e. The molecule has 4 nitrogen and oxygen atoms in total. The molecule has 1 aliphatic rings. The molecule has 1 aromatic carbocycles. The minimum atomic E-state index is 0.874. The monoisotopic (exact) mass is 317 g/mol. The molecule has 0 saturated carbocycles. The molecule has 1 saturated heterocycles. The number of aromatic nitrogens is 1. The number of nitrogens with zero attached hydrogens (tertiary/aromatic N) is 3. The fourth-order valence-electron chi connectivity index (χ4n) is 2.76. The molecule has 2 aromatic rings. The van der Waals surface area contributed by atoms with E-state index in [9.17, 15) is 0 Å². The average Bonchev–Trinajstić information content (AvgIpc) is 2.94. The van der Waals surface area contributed by atoms with Gasteiger partial charge in [0.05, 0.1) is 38.1 Å². The van der Waals surface area contributed by atoms with E-state index in [0.717, 1.165) is 43.4 Å². The fourth-order valence-corrected chi connectivity index (χ4v) is 2.97. The summed E-state index contributed by atoms with van der Waals surface area (Å²) >= 11 is 6.24. The lowest BCUT2D eigenvalue weighted by Crippen LogP contribution is -3.13. The zero-order chi connectivity index (χ0) is 15.4. The molecule has 0 bridgehead atoms. The Morgan fingerprint density at radius 1 is 1.18 bits per heavy atom. The lowest BCUT2D eigenvalue weighted by atomic mass is 10.2. The van der Waals surface area contributed by atoms with Crippen LogP contribution in [0.4, 0.5) is 0 Å². The van der Waals surface area contributed by atoms with E-state index in [2.05, 4.69) is 32.9 Å². The number of halogens is 1. The van der Waals surface area contributed by atoms with Crippen LogP contribution in [-0.2, 0) is 13.6 Å². The number of hydrogen-bond donors (Lipinski definition) is 1. The number of hydrazone groups is 1. The van der Waals surface area contributed by atoms with Gasteiger partial charge in [-0.05, 0) is 18.2 Å². The maximum Gasteiger partial charge on any atom is 0.104 e. The van der Waals surface area contributed by atoms with Crippen LogP contribution in [0.1, 0.15) is 11.3 Å². The summed E-state index contributed by atoms with van der Waals surface area (Å²) in [4.78, 5) is 1.57. The molecular weight excluding hydrogens is 296 g/mol. The second-order valence-corrected chi connectivity index (χ2v) is 6.17. The summed E-state index contributed by atoms with van der Waals surface area (Å²) < 4.78 is 2.07. The number of hydrogen-bond acceptors (Lipinski definition) is 2. The third-order valence-corrected chi connectivity index (χ3v) is 4.55. The van der Waals surface area contributed by atoms with Crippen LogP contribution in [0.3, 0.4) is 0 Å². The first kappa shape index (κ1) is 15.1. The summed E-state index contributed by atoms with van der Waals surface area (Å²) in [5, 5.41) is 7.62. The van der Waals surface area contributed by atoms with Gasteiger partial charge in [0.1, 0.15) is 6.54 Å². The SMILES string of the molecule is Cn1cccc1/C=N/N1CC[NH+](Cc2ccccc2Cl)CC1. The lowest BCUT2D eigenvalue weighted by Gasteiger charge is -2.30. The minimum absolute atomic E-state index is 0.874. The molecule has 3 rings (SSSR count). The first-order valence-electron chi connectivity index (χ1n) is 7.69.